The summed E-state index contributed by atoms with van der Waals surface area (Å²) in [7, 11) is 3.04. The van der Waals surface area contributed by atoms with Gasteiger partial charge in [-0.2, -0.15) is 0 Å². The number of ether oxygens (including phenoxy) is 3. The van der Waals surface area contributed by atoms with Gasteiger partial charge in [0.2, 0.25) is 5.91 Å². The number of benzene rings is 2. The van der Waals surface area contributed by atoms with Crippen LogP contribution in [0.1, 0.15) is 57.8 Å². The van der Waals surface area contributed by atoms with Crippen molar-refractivity contribution in [3.05, 3.63) is 52.5 Å². The van der Waals surface area contributed by atoms with Crippen LogP contribution in [0.15, 0.2) is 36.4 Å². The summed E-state index contributed by atoms with van der Waals surface area (Å²) in [5, 5.41) is 12.2. The lowest BCUT2D eigenvalue weighted by Gasteiger charge is -2.31. The molecule has 0 aliphatic carbocycles. The molecule has 0 saturated carbocycles. The average Bonchev–Trinajstić information content (AvgIpc) is 2.92. The van der Waals surface area contributed by atoms with Gasteiger partial charge >= 0.3 is 5.97 Å². The van der Waals surface area contributed by atoms with Gasteiger partial charge in [0.25, 0.3) is 5.91 Å². The number of hydrogen-bond acceptors (Lipinski definition) is 6. The number of para-hydroxylation sites is 1. The highest BCUT2D eigenvalue weighted by Crippen LogP contribution is 2.45. The SMILES string of the molecule is COc1cccc([C@H]2O[C@H](CC(=O)NC(C)CC(=O)O)C(=O)N(CC(C)(C)C)c3ccc(Cl)cc32)c1OC. The van der Waals surface area contributed by atoms with Crippen LogP contribution in [0.5, 0.6) is 11.5 Å². The summed E-state index contributed by atoms with van der Waals surface area (Å²) in [6, 6.07) is 9.99. The molecule has 38 heavy (non-hydrogen) atoms. The molecule has 0 radical (unpaired) electrons. The van der Waals surface area contributed by atoms with Gasteiger partial charge in [0, 0.05) is 34.4 Å². The van der Waals surface area contributed by atoms with E-state index in [0.717, 1.165) is 0 Å². The number of carbonyl (C=O) groups is 3. The van der Waals surface area contributed by atoms with Crippen LogP contribution in [0.2, 0.25) is 5.02 Å². The van der Waals surface area contributed by atoms with Crippen molar-refractivity contribution >= 4 is 35.1 Å². The summed E-state index contributed by atoms with van der Waals surface area (Å²) >= 11 is 6.42. The van der Waals surface area contributed by atoms with E-state index < -0.39 is 30.1 Å². The van der Waals surface area contributed by atoms with Crippen LogP contribution >= 0.6 is 11.6 Å². The van der Waals surface area contributed by atoms with Crippen LogP contribution in [-0.2, 0) is 19.1 Å². The molecule has 0 aromatic heterocycles. The number of anilines is 1. The summed E-state index contributed by atoms with van der Waals surface area (Å²) in [6.07, 6.45) is -2.53. The van der Waals surface area contributed by atoms with Crippen molar-refractivity contribution in [3.8, 4) is 11.5 Å². The molecule has 0 saturated heterocycles. The smallest absolute Gasteiger partial charge is 0.305 e. The highest BCUT2D eigenvalue weighted by atomic mass is 35.5. The van der Waals surface area contributed by atoms with Crippen LogP contribution < -0.4 is 19.7 Å². The number of aliphatic carboxylic acids is 1. The highest BCUT2D eigenvalue weighted by molar-refractivity contribution is 6.30. The number of halogens is 1. The first-order valence-corrected chi connectivity index (χ1v) is 12.7. The molecule has 1 aliphatic rings. The first-order chi connectivity index (χ1) is 17.8. The van der Waals surface area contributed by atoms with E-state index in [1.54, 1.807) is 42.2 Å². The third kappa shape index (κ3) is 6.96. The molecule has 0 bridgehead atoms. The van der Waals surface area contributed by atoms with Gasteiger partial charge in [0.15, 0.2) is 11.5 Å². The summed E-state index contributed by atoms with van der Waals surface area (Å²) < 4.78 is 17.6. The van der Waals surface area contributed by atoms with E-state index in [4.69, 9.17) is 30.9 Å². The van der Waals surface area contributed by atoms with Crippen molar-refractivity contribution in [3.63, 3.8) is 0 Å². The normalized spacial score (nSPS) is 18.3. The Balaban J connectivity index is 2.14. The zero-order valence-electron chi connectivity index (χ0n) is 22.5. The monoisotopic (exact) mass is 546 g/mol. The number of carbonyl (C=O) groups excluding carboxylic acids is 2. The average molecular weight is 547 g/mol. The van der Waals surface area contributed by atoms with Gasteiger partial charge in [-0.05, 0) is 36.6 Å². The third-order valence-electron chi connectivity index (χ3n) is 6.01. The molecule has 2 amide bonds. The molecule has 206 valence electrons. The van der Waals surface area contributed by atoms with Crippen molar-refractivity contribution in [2.45, 2.75) is 58.8 Å². The van der Waals surface area contributed by atoms with E-state index >= 15 is 0 Å². The molecule has 1 heterocycles. The quantitative estimate of drug-likeness (QED) is 0.472. The van der Waals surface area contributed by atoms with E-state index in [2.05, 4.69) is 5.32 Å². The fourth-order valence-electron chi connectivity index (χ4n) is 4.52. The first-order valence-electron chi connectivity index (χ1n) is 12.3. The fourth-order valence-corrected chi connectivity index (χ4v) is 4.70. The summed E-state index contributed by atoms with van der Waals surface area (Å²) in [5.41, 5.74) is 1.59. The predicted octanol–water partition coefficient (Wildman–Crippen LogP) is 4.59. The van der Waals surface area contributed by atoms with Crippen molar-refractivity contribution in [1.82, 2.24) is 5.32 Å². The van der Waals surface area contributed by atoms with E-state index in [1.165, 1.54) is 14.2 Å². The molecule has 1 unspecified atom stereocenters. The summed E-state index contributed by atoms with van der Waals surface area (Å²) in [4.78, 5) is 39.6. The number of carboxylic acid groups (broad SMARTS) is 1. The highest BCUT2D eigenvalue weighted by Gasteiger charge is 2.40. The lowest BCUT2D eigenvalue weighted by molar-refractivity contribution is -0.140. The summed E-state index contributed by atoms with van der Waals surface area (Å²) in [5.74, 6) is -0.993. The Morgan fingerprint density at radius 3 is 2.47 bits per heavy atom. The van der Waals surface area contributed by atoms with Gasteiger partial charge in [-0.3, -0.25) is 14.4 Å². The third-order valence-corrected chi connectivity index (χ3v) is 6.25. The lowest BCUT2D eigenvalue weighted by atomic mass is 9.94. The minimum Gasteiger partial charge on any atom is -0.493 e. The number of methoxy groups -OCH3 is 2. The van der Waals surface area contributed by atoms with Gasteiger partial charge in [0.1, 0.15) is 12.2 Å². The Morgan fingerprint density at radius 1 is 1.16 bits per heavy atom. The molecule has 10 heteroatoms. The zero-order chi connectivity index (χ0) is 28.2. The van der Waals surface area contributed by atoms with Crippen molar-refractivity contribution in [1.29, 1.82) is 0 Å². The molecule has 2 N–H and O–H groups in total. The van der Waals surface area contributed by atoms with Gasteiger partial charge in [-0.1, -0.05) is 44.5 Å². The first kappa shape index (κ1) is 29.3. The molecule has 3 atom stereocenters. The maximum atomic E-state index is 14.0. The summed E-state index contributed by atoms with van der Waals surface area (Å²) in [6.45, 7) is 7.99. The van der Waals surface area contributed by atoms with Crippen LogP contribution in [0.25, 0.3) is 0 Å². The Bertz CT molecular complexity index is 1190. The van der Waals surface area contributed by atoms with Crippen molar-refractivity contribution in [2.24, 2.45) is 5.41 Å². The Morgan fingerprint density at radius 2 is 1.87 bits per heavy atom. The van der Waals surface area contributed by atoms with Gasteiger partial charge in [0.05, 0.1) is 27.1 Å². The van der Waals surface area contributed by atoms with Crippen molar-refractivity contribution in [2.75, 3.05) is 25.7 Å². The van der Waals surface area contributed by atoms with E-state index in [9.17, 15) is 14.4 Å². The topological polar surface area (TPSA) is 114 Å². The second-order valence-electron chi connectivity index (χ2n) is 10.5. The fraction of sp³-hybridized carbons (Fsp3) is 0.464. The van der Waals surface area contributed by atoms with Crippen LogP contribution in [-0.4, -0.2) is 55.8 Å². The Labute approximate surface area is 228 Å². The molecule has 0 fully saturated rings. The van der Waals surface area contributed by atoms with Gasteiger partial charge < -0.3 is 29.5 Å². The second kappa shape index (κ2) is 12.0. The molecular weight excluding hydrogens is 512 g/mol. The predicted molar refractivity (Wildman–Crippen MR) is 144 cm³/mol. The molecule has 2 aromatic rings. The maximum Gasteiger partial charge on any atom is 0.305 e. The Hall–Kier alpha value is -3.30. The van der Waals surface area contributed by atoms with Crippen molar-refractivity contribution < 1.29 is 33.7 Å². The molecule has 3 rings (SSSR count). The molecular formula is C28H35ClN2O7. The minimum atomic E-state index is -1.17. The number of hydrogen-bond donors (Lipinski definition) is 2. The van der Waals surface area contributed by atoms with E-state index in [-0.39, 0.29) is 24.2 Å². The Kier molecular flexibility index (Phi) is 9.27. The standard InChI is InChI=1S/C28H35ClN2O7/c1-16(12-24(33)34)30-23(32)14-22-27(35)31(15-28(2,3)4)20-11-10-17(29)13-19(20)25(38-22)18-8-7-9-21(36-5)26(18)37-6/h7-11,13,16,22,25H,12,14-15H2,1-6H3,(H,30,32)(H,33,34)/t16?,22-,25-/m1/s1. The molecule has 0 spiro atoms. The lowest BCUT2D eigenvalue weighted by Crippen LogP contribution is -2.46. The van der Waals surface area contributed by atoms with Gasteiger partial charge in [-0.15, -0.1) is 0 Å². The molecule has 1 aliphatic heterocycles. The largest absolute Gasteiger partial charge is 0.493 e. The minimum absolute atomic E-state index is 0.241. The van der Waals surface area contributed by atoms with Gasteiger partial charge in [-0.25, -0.2) is 0 Å². The maximum absolute atomic E-state index is 14.0. The number of carboxylic acids is 1. The van der Waals surface area contributed by atoms with E-state index in [1.807, 2.05) is 26.8 Å². The van der Waals surface area contributed by atoms with Crippen LogP contribution in [0.4, 0.5) is 5.69 Å². The van der Waals surface area contributed by atoms with Crippen LogP contribution in [0.3, 0.4) is 0 Å². The zero-order valence-corrected chi connectivity index (χ0v) is 23.3. The molecule has 2 aromatic carbocycles. The number of fused-ring (bicyclic) bond motifs is 1. The number of nitrogens with zero attached hydrogens (tertiary/aromatic N) is 1. The second-order valence-corrected chi connectivity index (χ2v) is 11.0. The number of rotatable bonds is 9. The molecule has 9 nitrogen and oxygen atoms in total. The number of nitrogens with one attached hydrogen (secondary N) is 1. The number of amides is 2. The van der Waals surface area contributed by atoms with E-state index in [0.29, 0.717) is 39.9 Å². The van der Waals surface area contributed by atoms with Crippen LogP contribution in [0, 0.1) is 5.41 Å².